The number of carboxylic acid groups (broad SMARTS) is 1. The van der Waals surface area contributed by atoms with Crippen LogP contribution in [-0.4, -0.2) is 47.4 Å². The lowest BCUT2D eigenvalue weighted by atomic mass is 9.90. The first kappa shape index (κ1) is 17.0. The van der Waals surface area contributed by atoms with E-state index in [4.69, 9.17) is 9.84 Å². The van der Waals surface area contributed by atoms with Crippen molar-refractivity contribution in [2.45, 2.75) is 20.3 Å². The molecule has 2 rings (SSSR count). The zero-order chi connectivity index (χ0) is 17.0. The third kappa shape index (κ3) is 4.55. The number of carbonyl (C=O) groups is 3. The van der Waals surface area contributed by atoms with Gasteiger partial charge in [-0.15, -0.1) is 0 Å². The number of ether oxygens (including phenoxy) is 1. The molecular weight excluding hydrogens is 298 g/mol. The fourth-order valence-electron chi connectivity index (χ4n) is 2.78. The van der Waals surface area contributed by atoms with E-state index in [0.29, 0.717) is 24.3 Å². The molecule has 1 heterocycles. The molecule has 0 aliphatic carbocycles. The zero-order valence-electron chi connectivity index (χ0n) is 13.3. The summed E-state index contributed by atoms with van der Waals surface area (Å²) in [6.45, 7) is 3.99. The third-order valence-electron chi connectivity index (χ3n) is 3.96. The van der Waals surface area contributed by atoms with Gasteiger partial charge in [0.15, 0.2) is 12.4 Å². The van der Waals surface area contributed by atoms with Crippen molar-refractivity contribution < 1.29 is 24.2 Å². The van der Waals surface area contributed by atoms with Gasteiger partial charge in [0, 0.05) is 18.7 Å². The maximum Gasteiger partial charge on any atom is 0.308 e. The molecule has 1 amide bonds. The minimum atomic E-state index is -0.871. The van der Waals surface area contributed by atoms with E-state index in [9.17, 15) is 14.4 Å². The van der Waals surface area contributed by atoms with Gasteiger partial charge in [0.1, 0.15) is 5.75 Å². The van der Waals surface area contributed by atoms with Crippen LogP contribution in [0.25, 0.3) is 0 Å². The van der Waals surface area contributed by atoms with Crippen molar-refractivity contribution in [2.24, 2.45) is 11.8 Å². The summed E-state index contributed by atoms with van der Waals surface area (Å²) >= 11 is 0. The Morgan fingerprint density at radius 1 is 1.30 bits per heavy atom. The van der Waals surface area contributed by atoms with Crippen LogP contribution in [0.1, 0.15) is 30.6 Å². The second-order valence-corrected chi connectivity index (χ2v) is 6.05. The number of benzene rings is 1. The fraction of sp³-hybridized carbons (Fsp3) is 0.471. The number of nitrogens with zero attached hydrogens (tertiary/aromatic N) is 1. The van der Waals surface area contributed by atoms with Crippen molar-refractivity contribution in [1.29, 1.82) is 0 Å². The van der Waals surface area contributed by atoms with E-state index in [0.717, 1.165) is 0 Å². The summed E-state index contributed by atoms with van der Waals surface area (Å²) in [6, 6.07) is 6.65. The Labute approximate surface area is 135 Å². The third-order valence-corrected chi connectivity index (χ3v) is 3.96. The Balaban J connectivity index is 1.95. The van der Waals surface area contributed by atoms with Gasteiger partial charge < -0.3 is 14.7 Å². The number of aliphatic carboxylic acids is 1. The van der Waals surface area contributed by atoms with Crippen molar-refractivity contribution in [1.82, 2.24) is 4.90 Å². The molecule has 1 aliphatic rings. The summed E-state index contributed by atoms with van der Waals surface area (Å²) in [4.78, 5) is 36.3. The molecule has 0 bridgehead atoms. The quantitative estimate of drug-likeness (QED) is 0.837. The van der Waals surface area contributed by atoms with E-state index in [2.05, 4.69) is 0 Å². The van der Waals surface area contributed by atoms with Crippen LogP contribution in [0.5, 0.6) is 5.75 Å². The number of carbonyl (C=O) groups excluding carboxylic acids is 2. The van der Waals surface area contributed by atoms with Gasteiger partial charge in [0.05, 0.1) is 5.92 Å². The SMILES string of the molecule is CC(=O)c1cccc(OCC(=O)N2CC(C)CC(C(=O)O)C2)c1. The second kappa shape index (κ2) is 7.26. The van der Waals surface area contributed by atoms with Gasteiger partial charge in [-0.05, 0) is 31.4 Å². The first-order chi connectivity index (χ1) is 10.9. The maximum absolute atomic E-state index is 12.2. The molecule has 1 fully saturated rings. The van der Waals surface area contributed by atoms with E-state index in [1.54, 1.807) is 29.2 Å². The summed E-state index contributed by atoms with van der Waals surface area (Å²) in [7, 11) is 0. The molecule has 1 saturated heterocycles. The molecule has 0 radical (unpaired) electrons. The number of amides is 1. The Hall–Kier alpha value is -2.37. The topological polar surface area (TPSA) is 83.9 Å². The number of rotatable bonds is 5. The van der Waals surface area contributed by atoms with Gasteiger partial charge in [-0.1, -0.05) is 19.1 Å². The lowest BCUT2D eigenvalue weighted by Gasteiger charge is -2.34. The molecule has 6 heteroatoms. The Morgan fingerprint density at radius 2 is 2.04 bits per heavy atom. The molecule has 124 valence electrons. The number of piperidine rings is 1. The zero-order valence-corrected chi connectivity index (χ0v) is 13.3. The summed E-state index contributed by atoms with van der Waals surface area (Å²) in [6.07, 6.45) is 0.584. The van der Waals surface area contributed by atoms with E-state index in [1.807, 2.05) is 6.92 Å². The van der Waals surface area contributed by atoms with Gasteiger partial charge in [-0.2, -0.15) is 0 Å². The minimum absolute atomic E-state index is 0.0732. The highest BCUT2D eigenvalue weighted by Gasteiger charge is 2.31. The number of carboxylic acids is 1. The van der Waals surface area contributed by atoms with E-state index in [1.165, 1.54) is 6.92 Å². The van der Waals surface area contributed by atoms with Crippen LogP contribution in [0.3, 0.4) is 0 Å². The smallest absolute Gasteiger partial charge is 0.308 e. The molecule has 1 aromatic rings. The van der Waals surface area contributed by atoms with Gasteiger partial charge in [0.2, 0.25) is 0 Å². The van der Waals surface area contributed by atoms with E-state index < -0.39 is 11.9 Å². The molecule has 1 aromatic carbocycles. The predicted molar refractivity (Wildman–Crippen MR) is 83.4 cm³/mol. The average Bonchev–Trinajstić information content (AvgIpc) is 2.52. The lowest BCUT2D eigenvalue weighted by Crippen LogP contribution is -2.47. The number of ketones is 1. The van der Waals surface area contributed by atoms with Crippen LogP contribution in [-0.2, 0) is 9.59 Å². The molecule has 0 saturated carbocycles. The standard InChI is InChI=1S/C17H21NO5/c1-11-6-14(17(21)22)9-18(8-11)16(20)10-23-15-5-3-4-13(7-15)12(2)19/h3-5,7,11,14H,6,8-10H2,1-2H3,(H,21,22). The van der Waals surface area contributed by atoms with Gasteiger partial charge in [-0.25, -0.2) is 0 Å². The maximum atomic E-state index is 12.2. The summed E-state index contributed by atoms with van der Waals surface area (Å²) in [5, 5.41) is 9.14. The van der Waals surface area contributed by atoms with Crippen LogP contribution < -0.4 is 4.74 Å². The summed E-state index contributed by atoms with van der Waals surface area (Å²) in [5.41, 5.74) is 0.521. The first-order valence-corrected chi connectivity index (χ1v) is 7.61. The van der Waals surface area contributed by atoms with Crippen molar-refractivity contribution >= 4 is 17.7 Å². The van der Waals surface area contributed by atoms with Gasteiger partial charge in [-0.3, -0.25) is 14.4 Å². The number of likely N-dealkylation sites (tertiary alicyclic amines) is 1. The van der Waals surface area contributed by atoms with Crippen LogP contribution in [0.15, 0.2) is 24.3 Å². The minimum Gasteiger partial charge on any atom is -0.484 e. The highest BCUT2D eigenvalue weighted by Crippen LogP contribution is 2.22. The molecular formula is C17H21NO5. The largest absolute Gasteiger partial charge is 0.484 e. The first-order valence-electron chi connectivity index (χ1n) is 7.61. The Morgan fingerprint density at radius 3 is 2.70 bits per heavy atom. The highest BCUT2D eigenvalue weighted by atomic mass is 16.5. The van der Waals surface area contributed by atoms with Crippen molar-refractivity contribution in [3.8, 4) is 5.75 Å². The van der Waals surface area contributed by atoms with Crippen LogP contribution in [0.2, 0.25) is 0 Å². The molecule has 0 spiro atoms. The normalized spacial score (nSPS) is 20.9. The van der Waals surface area contributed by atoms with E-state index in [-0.39, 0.29) is 30.8 Å². The number of hydrogen-bond donors (Lipinski definition) is 1. The van der Waals surface area contributed by atoms with Crippen molar-refractivity contribution in [3.05, 3.63) is 29.8 Å². The molecule has 1 N–H and O–H groups in total. The molecule has 1 aliphatic heterocycles. The highest BCUT2D eigenvalue weighted by molar-refractivity contribution is 5.94. The van der Waals surface area contributed by atoms with Gasteiger partial charge in [0.25, 0.3) is 5.91 Å². The average molecular weight is 319 g/mol. The fourth-order valence-corrected chi connectivity index (χ4v) is 2.78. The van der Waals surface area contributed by atoms with Crippen LogP contribution >= 0.6 is 0 Å². The van der Waals surface area contributed by atoms with E-state index >= 15 is 0 Å². The number of hydrogen-bond acceptors (Lipinski definition) is 4. The lowest BCUT2D eigenvalue weighted by molar-refractivity contribution is -0.147. The van der Waals surface area contributed by atoms with Crippen molar-refractivity contribution in [3.63, 3.8) is 0 Å². The molecule has 2 atom stereocenters. The second-order valence-electron chi connectivity index (χ2n) is 6.05. The summed E-state index contributed by atoms with van der Waals surface area (Å²) in [5.74, 6) is -1.11. The Kier molecular flexibility index (Phi) is 5.36. The number of Topliss-reactive ketones (excluding diaryl/α,β-unsaturated/α-hetero) is 1. The molecule has 0 aromatic heterocycles. The Bertz CT molecular complexity index is 613. The van der Waals surface area contributed by atoms with Crippen LogP contribution in [0.4, 0.5) is 0 Å². The summed E-state index contributed by atoms with van der Waals surface area (Å²) < 4.78 is 5.45. The predicted octanol–water partition coefficient (Wildman–Crippen LogP) is 1.84. The van der Waals surface area contributed by atoms with Crippen LogP contribution in [0, 0.1) is 11.8 Å². The van der Waals surface area contributed by atoms with Crippen molar-refractivity contribution in [2.75, 3.05) is 19.7 Å². The van der Waals surface area contributed by atoms with Gasteiger partial charge >= 0.3 is 5.97 Å². The molecule has 6 nitrogen and oxygen atoms in total. The monoisotopic (exact) mass is 319 g/mol. The molecule has 2 unspecified atom stereocenters. The molecule has 23 heavy (non-hydrogen) atoms.